The van der Waals surface area contributed by atoms with Gasteiger partial charge in [0.1, 0.15) is 0 Å². The van der Waals surface area contributed by atoms with Crippen LogP contribution in [0, 0.1) is 17.3 Å². The topological polar surface area (TPSA) is 139 Å². The van der Waals surface area contributed by atoms with Gasteiger partial charge in [-0.3, -0.25) is 4.79 Å². The number of carbonyl (C=O) groups is 2. The number of nitrogens with one attached hydrogen (secondary N) is 1. The Balaban J connectivity index is 2.28. The van der Waals surface area contributed by atoms with Crippen LogP contribution in [0.15, 0.2) is 27.3 Å². The van der Waals surface area contributed by atoms with Crippen molar-refractivity contribution in [2.45, 2.75) is 53.2 Å². The molecule has 0 aliphatic heterocycles. The number of nitrogens with zero attached hydrogens (tertiary/aromatic N) is 2. The van der Waals surface area contributed by atoms with E-state index >= 15 is 0 Å². The summed E-state index contributed by atoms with van der Waals surface area (Å²) in [6.45, 7) is 9.35. The minimum absolute atomic E-state index is 0.0218. The van der Waals surface area contributed by atoms with E-state index in [-0.39, 0.29) is 24.1 Å². The van der Waals surface area contributed by atoms with E-state index in [0.29, 0.717) is 5.76 Å². The maximum atomic E-state index is 12.9. The molecule has 2 heterocycles. The summed E-state index contributed by atoms with van der Waals surface area (Å²) in [5.41, 5.74) is -0.503. The van der Waals surface area contributed by atoms with Crippen molar-refractivity contribution in [3.63, 3.8) is 0 Å². The van der Waals surface area contributed by atoms with E-state index in [2.05, 4.69) is 15.5 Å². The summed E-state index contributed by atoms with van der Waals surface area (Å²) >= 11 is 0. The molecule has 0 spiro atoms. The maximum absolute atomic E-state index is 12.9. The Bertz CT molecular complexity index is 791. The van der Waals surface area contributed by atoms with Crippen molar-refractivity contribution in [2.75, 3.05) is 0 Å². The Labute approximate surface area is 163 Å². The highest BCUT2D eigenvalue weighted by molar-refractivity contribution is 5.86. The van der Waals surface area contributed by atoms with Crippen molar-refractivity contribution in [3.05, 3.63) is 24.2 Å². The van der Waals surface area contributed by atoms with Crippen molar-refractivity contribution in [3.8, 4) is 11.7 Å². The van der Waals surface area contributed by atoms with Gasteiger partial charge in [-0.2, -0.15) is 4.98 Å². The van der Waals surface area contributed by atoms with Gasteiger partial charge in [0.05, 0.1) is 18.2 Å². The molecule has 9 heteroatoms. The predicted molar refractivity (Wildman–Crippen MR) is 98.9 cm³/mol. The second kappa shape index (κ2) is 8.55. The van der Waals surface area contributed by atoms with Gasteiger partial charge in [0.25, 0.3) is 5.89 Å². The van der Waals surface area contributed by atoms with Crippen LogP contribution in [0.1, 0.15) is 52.9 Å². The summed E-state index contributed by atoms with van der Waals surface area (Å²) in [5, 5.41) is 25.9. The first-order chi connectivity index (χ1) is 13.0. The summed E-state index contributed by atoms with van der Waals surface area (Å²) < 4.78 is 10.5. The number of aromatic nitrogens is 2. The van der Waals surface area contributed by atoms with Crippen LogP contribution < -0.4 is 5.32 Å². The average molecular weight is 393 g/mol. The van der Waals surface area contributed by atoms with Gasteiger partial charge >= 0.3 is 5.97 Å². The van der Waals surface area contributed by atoms with Crippen LogP contribution in [0.4, 0.5) is 0 Å². The van der Waals surface area contributed by atoms with Crippen LogP contribution in [0.2, 0.25) is 0 Å². The molecule has 28 heavy (non-hydrogen) atoms. The molecule has 0 saturated carbocycles. The van der Waals surface area contributed by atoms with Gasteiger partial charge in [-0.05, 0) is 29.9 Å². The van der Waals surface area contributed by atoms with Gasteiger partial charge < -0.3 is 24.5 Å². The minimum Gasteiger partial charge on any atom is -0.479 e. The smallest absolute Gasteiger partial charge is 0.333 e. The molecule has 154 valence electrons. The summed E-state index contributed by atoms with van der Waals surface area (Å²) in [7, 11) is 0. The monoisotopic (exact) mass is 393 g/mol. The van der Waals surface area contributed by atoms with Crippen LogP contribution in [0.3, 0.4) is 0 Å². The fraction of sp³-hybridized carbons (Fsp3) is 0.579. The lowest BCUT2D eigenvalue weighted by Crippen LogP contribution is -2.46. The van der Waals surface area contributed by atoms with E-state index in [0.717, 1.165) is 0 Å². The molecular weight excluding hydrogens is 366 g/mol. The number of aliphatic hydroxyl groups is 1. The fourth-order valence-corrected chi connectivity index (χ4v) is 2.83. The Morgan fingerprint density at radius 1 is 1.29 bits per heavy atom. The quantitative estimate of drug-likeness (QED) is 0.622. The van der Waals surface area contributed by atoms with Crippen LogP contribution in [0.25, 0.3) is 11.7 Å². The van der Waals surface area contributed by atoms with Crippen LogP contribution in [-0.2, 0) is 9.59 Å². The summed E-state index contributed by atoms with van der Waals surface area (Å²) in [6, 6.07) is 2.69. The fourth-order valence-electron chi connectivity index (χ4n) is 2.83. The highest BCUT2D eigenvalue weighted by atomic mass is 16.5. The predicted octanol–water partition coefficient (Wildman–Crippen LogP) is 2.64. The number of carbonyl (C=O) groups excluding carboxylic acids is 1. The molecule has 3 atom stereocenters. The van der Waals surface area contributed by atoms with Crippen molar-refractivity contribution in [1.29, 1.82) is 0 Å². The molecular formula is C19H27N3O6. The number of aliphatic hydroxyl groups excluding tert-OH is 1. The normalized spacial score (nSPS) is 15.2. The highest BCUT2D eigenvalue weighted by Gasteiger charge is 2.38. The number of furan rings is 1. The molecule has 3 N–H and O–H groups in total. The number of hydrogen-bond donors (Lipinski definition) is 3. The van der Waals surface area contributed by atoms with Crippen LogP contribution >= 0.6 is 0 Å². The Morgan fingerprint density at radius 2 is 1.96 bits per heavy atom. The maximum Gasteiger partial charge on any atom is 0.333 e. The number of aliphatic carboxylic acids is 1. The first-order valence-corrected chi connectivity index (χ1v) is 9.09. The zero-order valence-electron chi connectivity index (χ0n) is 16.7. The summed E-state index contributed by atoms with van der Waals surface area (Å²) in [5.74, 6) is -2.28. The van der Waals surface area contributed by atoms with Gasteiger partial charge in [0.15, 0.2) is 17.7 Å². The minimum atomic E-state index is -1.80. The van der Waals surface area contributed by atoms with Gasteiger partial charge in [-0.15, -0.1) is 0 Å². The lowest BCUT2D eigenvalue weighted by molar-refractivity contribution is -0.154. The zero-order chi connectivity index (χ0) is 21.1. The molecule has 1 amide bonds. The van der Waals surface area contributed by atoms with Gasteiger partial charge in [0.2, 0.25) is 5.91 Å². The molecule has 0 aliphatic rings. The van der Waals surface area contributed by atoms with E-state index in [4.69, 9.17) is 14.0 Å². The molecule has 0 unspecified atom stereocenters. The van der Waals surface area contributed by atoms with Gasteiger partial charge in [0, 0.05) is 0 Å². The molecule has 2 aromatic rings. The third kappa shape index (κ3) is 5.19. The van der Waals surface area contributed by atoms with E-state index in [9.17, 15) is 14.7 Å². The standard InChI is InChI=1S/C19H27N3O6/c1-10(2)9-11(13(23)18(25)26)16(24)20-14(19(3,4)5)15-21-17(28-22-15)12-7-6-8-27-12/h6-8,10-11,13-14,23H,9H2,1-5H3,(H,20,24)(H,25,26)/t11-,13+,14-/m1/s1. The number of hydrogen-bond acceptors (Lipinski definition) is 7. The second-order valence-corrected chi connectivity index (χ2v) is 8.26. The molecule has 0 saturated heterocycles. The Hall–Kier alpha value is -2.68. The van der Waals surface area contributed by atoms with Crippen molar-refractivity contribution in [2.24, 2.45) is 17.3 Å². The van der Waals surface area contributed by atoms with Crippen molar-refractivity contribution < 1.29 is 28.7 Å². The molecule has 2 aromatic heterocycles. The first kappa shape index (κ1) is 21.6. The molecule has 0 fully saturated rings. The lowest BCUT2D eigenvalue weighted by atomic mass is 9.84. The first-order valence-electron chi connectivity index (χ1n) is 9.09. The number of carboxylic acids is 1. The Morgan fingerprint density at radius 3 is 2.46 bits per heavy atom. The molecule has 0 aliphatic carbocycles. The number of carboxylic acid groups (broad SMARTS) is 1. The zero-order valence-corrected chi connectivity index (χ0v) is 16.7. The van der Waals surface area contributed by atoms with Crippen molar-refractivity contribution >= 4 is 11.9 Å². The molecule has 9 nitrogen and oxygen atoms in total. The third-order valence-electron chi connectivity index (χ3n) is 4.28. The van der Waals surface area contributed by atoms with E-state index in [1.807, 2.05) is 34.6 Å². The lowest BCUT2D eigenvalue weighted by Gasteiger charge is -2.31. The van der Waals surface area contributed by atoms with E-state index in [1.54, 1.807) is 12.1 Å². The SMILES string of the molecule is CC(C)C[C@@H](C(=O)N[C@H](c1noc(-c2ccco2)n1)C(C)(C)C)[C@H](O)C(=O)O. The summed E-state index contributed by atoms with van der Waals surface area (Å²) in [6.07, 6.45) is -0.0986. The highest BCUT2D eigenvalue weighted by Crippen LogP contribution is 2.33. The summed E-state index contributed by atoms with van der Waals surface area (Å²) in [4.78, 5) is 28.4. The van der Waals surface area contributed by atoms with Crippen LogP contribution in [0.5, 0.6) is 0 Å². The Kier molecular flexibility index (Phi) is 6.60. The molecule has 0 aromatic carbocycles. The van der Waals surface area contributed by atoms with E-state index < -0.39 is 35.4 Å². The second-order valence-electron chi connectivity index (χ2n) is 8.26. The largest absolute Gasteiger partial charge is 0.479 e. The van der Waals surface area contributed by atoms with Gasteiger partial charge in [-0.1, -0.05) is 39.8 Å². The number of rotatable bonds is 8. The molecule has 0 radical (unpaired) electrons. The number of amides is 1. The van der Waals surface area contributed by atoms with Gasteiger partial charge in [-0.25, -0.2) is 4.79 Å². The van der Waals surface area contributed by atoms with Crippen LogP contribution in [-0.4, -0.2) is 38.3 Å². The molecule has 2 rings (SSSR count). The average Bonchev–Trinajstić information content (AvgIpc) is 3.26. The van der Waals surface area contributed by atoms with E-state index in [1.165, 1.54) is 6.26 Å². The van der Waals surface area contributed by atoms with Crippen molar-refractivity contribution in [1.82, 2.24) is 15.5 Å². The molecule has 0 bridgehead atoms. The third-order valence-corrected chi connectivity index (χ3v) is 4.28.